The highest BCUT2D eigenvalue weighted by molar-refractivity contribution is 9.10. The molecule has 0 atom stereocenters. The van der Waals surface area contributed by atoms with Crippen LogP contribution in [0.3, 0.4) is 0 Å². The van der Waals surface area contributed by atoms with Gasteiger partial charge in [0, 0.05) is 16.9 Å². The van der Waals surface area contributed by atoms with E-state index in [1.807, 2.05) is 0 Å². The standard InChI is InChI=1S/C7H2BrClF2N2O2S/c8-6-3(1-12)5(7(10)11)4(2-13-6)16(9,14)15/h2,7H. The Morgan fingerprint density at radius 3 is 2.50 bits per heavy atom. The minimum Gasteiger partial charge on any atom is -0.247 e. The average Bonchev–Trinajstić information content (AvgIpc) is 2.14. The van der Waals surface area contributed by atoms with Crippen LogP contribution in [0.1, 0.15) is 17.6 Å². The third-order valence-electron chi connectivity index (χ3n) is 1.63. The molecule has 0 saturated heterocycles. The van der Waals surface area contributed by atoms with Crippen LogP contribution in [-0.4, -0.2) is 13.4 Å². The summed E-state index contributed by atoms with van der Waals surface area (Å²) in [5, 5.41) is 8.65. The van der Waals surface area contributed by atoms with Gasteiger partial charge in [-0.25, -0.2) is 22.2 Å². The number of hydrogen-bond donors (Lipinski definition) is 0. The van der Waals surface area contributed by atoms with Crippen molar-refractivity contribution in [3.8, 4) is 6.07 Å². The molecule has 0 radical (unpaired) electrons. The van der Waals surface area contributed by atoms with E-state index in [4.69, 9.17) is 15.9 Å². The molecule has 0 aliphatic heterocycles. The summed E-state index contributed by atoms with van der Waals surface area (Å²) in [6, 6.07) is 1.45. The van der Waals surface area contributed by atoms with Crippen molar-refractivity contribution in [3.05, 3.63) is 21.9 Å². The van der Waals surface area contributed by atoms with E-state index in [-0.39, 0.29) is 4.60 Å². The maximum absolute atomic E-state index is 12.7. The summed E-state index contributed by atoms with van der Waals surface area (Å²) in [5.41, 5.74) is -1.49. The third kappa shape index (κ3) is 2.48. The molecule has 1 aromatic heterocycles. The summed E-state index contributed by atoms with van der Waals surface area (Å²) in [6.45, 7) is 0. The number of alkyl halides is 2. The summed E-state index contributed by atoms with van der Waals surface area (Å²) in [5.74, 6) is 0. The molecule has 0 bridgehead atoms. The number of nitriles is 1. The molecule has 1 aromatic rings. The number of aromatic nitrogens is 1. The van der Waals surface area contributed by atoms with Crippen LogP contribution in [0.15, 0.2) is 15.7 Å². The number of rotatable bonds is 2. The van der Waals surface area contributed by atoms with E-state index in [2.05, 4.69) is 20.9 Å². The van der Waals surface area contributed by atoms with Crippen molar-refractivity contribution < 1.29 is 17.2 Å². The first kappa shape index (κ1) is 13.3. The van der Waals surface area contributed by atoms with Crippen LogP contribution in [0.4, 0.5) is 8.78 Å². The molecule has 0 aromatic carbocycles. The van der Waals surface area contributed by atoms with Gasteiger partial charge in [0.05, 0.1) is 11.1 Å². The summed E-state index contributed by atoms with van der Waals surface area (Å²) in [6.07, 6.45) is -2.47. The first-order valence-electron chi connectivity index (χ1n) is 3.60. The van der Waals surface area contributed by atoms with Gasteiger partial charge in [0.15, 0.2) is 0 Å². The highest BCUT2D eigenvalue weighted by atomic mass is 79.9. The summed E-state index contributed by atoms with van der Waals surface area (Å²) in [7, 11) is 0.593. The molecule has 0 N–H and O–H groups in total. The number of nitrogens with zero attached hydrogens (tertiary/aromatic N) is 2. The van der Waals surface area contributed by atoms with E-state index in [0.717, 1.165) is 0 Å². The van der Waals surface area contributed by atoms with Gasteiger partial charge < -0.3 is 0 Å². The van der Waals surface area contributed by atoms with E-state index in [1.54, 1.807) is 0 Å². The average molecular weight is 332 g/mol. The smallest absolute Gasteiger partial charge is 0.247 e. The summed E-state index contributed by atoms with van der Waals surface area (Å²) in [4.78, 5) is 2.60. The maximum atomic E-state index is 12.7. The molecule has 1 heterocycles. The van der Waals surface area contributed by atoms with Gasteiger partial charge in [-0.15, -0.1) is 0 Å². The molecule has 0 fully saturated rings. The molecule has 0 spiro atoms. The Hall–Kier alpha value is -0.780. The topological polar surface area (TPSA) is 70.8 Å². The van der Waals surface area contributed by atoms with E-state index >= 15 is 0 Å². The molecular weight excluding hydrogens is 330 g/mol. The first-order chi connectivity index (χ1) is 7.29. The lowest BCUT2D eigenvalue weighted by Gasteiger charge is -2.08. The lowest BCUT2D eigenvalue weighted by Crippen LogP contribution is -2.04. The van der Waals surface area contributed by atoms with Crippen LogP contribution in [0.5, 0.6) is 0 Å². The molecule has 16 heavy (non-hydrogen) atoms. The number of halogens is 4. The normalized spacial score (nSPS) is 11.5. The predicted molar refractivity (Wildman–Crippen MR) is 54.6 cm³/mol. The quantitative estimate of drug-likeness (QED) is 0.617. The first-order valence-corrected chi connectivity index (χ1v) is 6.70. The second-order valence-electron chi connectivity index (χ2n) is 2.55. The summed E-state index contributed by atoms with van der Waals surface area (Å²) < 4.78 is 47.2. The highest BCUT2D eigenvalue weighted by Crippen LogP contribution is 2.33. The molecule has 0 amide bonds. The van der Waals surface area contributed by atoms with Crippen LogP contribution in [0.25, 0.3) is 0 Å². The number of pyridine rings is 1. The fourth-order valence-corrected chi connectivity index (χ4v) is 2.41. The molecule has 0 unspecified atom stereocenters. The fraction of sp³-hybridized carbons (Fsp3) is 0.143. The maximum Gasteiger partial charge on any atom is 0.266 e. The lowest BCUT2D eigenvalue weighted by atomic mass is 10.1. The zero-order chi connectivity index (χ0) is 12.5. The third-order valence-corrected chi connectivity index (χ3v) is 3.58. The Morgan fingerprint density at radius 1 is 1.56 bits per heavy atom. The Labute approximate surface area is 102 Å². The molecule has 1 rings (SSSR count). The van der Waals surface area contributed by atoms with E-state index < -0.39 is 31.5 Å². The van der Waals surface area contributed by atoms with Gasteiger partial charge in [-0.05, 0) is 15.9 Å². The van der Waals surface area contributed by atoms with Gasteiger partial charge in [0.1, 0.15) is 15.6 Å². The molecule has 4 nitrogen and oxygen atoms in total. The monoisotopic (exact) mass is 330 g/mol. The van der Waals surface area contributed by atoms with E-state index in [9.17, 15) is 17.2 Å². The van der Waals surface area contributed by atoms with Gasteiger partial charge in [0.25, 0.3) is 15.5 Å². The van der Waals surface area contributed by atoms with Crippen molar-refractivity contribution in [2.24, 2.45) is 0 Å². The van der Waals surface area contributed by atoms with Gasteiger partial charge >= 0.3 is 0 Å². The largest absolute Gasteiger partial charge is 0.266 e. The van der Waals surface area contributed by atoms with Crippen molar-refractivity contribution in [2.45, 2.75) is 11.3 Å². The molecule has 0 saturated carbocycles. The van der Waals surface area contributed by atoms with Gasteiger partial charge in [-0.1, -0.05) is 0 Å². The highest BCUT2D eigenvalue weighted by Gasteiger charge is 2.27. The SMILES string of the molecule is N#Cc1c(Br)ncc(S(=O)(=O)Cl)c1C(F)F. The van der Waals surface area contributed by atoms with Crippen LogP contribution in [0, 0.1) is 11.3 Å². The molecule has 0 aliphatic carbocycles. The van der Waals surface area contributed by atoms with Gasteiger partial charge in [0.2, 0.25) is 0 Å². The Morgan fingerprint density at radius 2 is 2.12 bits per heavy atom. The lowest BCUT2D eigenvalue weighted by molar-refractivity contribution is 0.147. The van der Waals surface area contributed by atoms with E-state index in [1.165, 1.54) is 6.07 Å². The molecule has 0 aliphatic rings. The van der Waals surface area contributed by atoms with Crippen molar-refractivity contribution in [3.63, 3.8) is 0 Å². The molecule has 9 heteroatoms. The Balaban J connectivity index is 3.74. The second kappa shape index (κ2) is 4.61. The minimum absolute atomic E-state index is 0.158. The summed E-state index contributed by atoms with van der Waals surface area (Å²) >= 11 is 2.77. The van der Waals surface area contributed by atoms with Crippen molar-refractivity contribution in [1.29, 1.82) is 5.26 Å². The zero-order valence-electron chi connectivity index (χ0n) is 7.29. The fourth-order valence-electron chi connectivity index (χ4n) is 1.00. The minimum atomic E-state index is -4.37. The van der Waals surface area contributed by atoms with Crippen molar-refractivity contribution in [1.82, 2.24) is 4.98 Å². The van der Waals surface area contributed by atoms with Crippen molar-refractivity contribution >= 4 is 35.7 Å². The predicted octanol–water partition coefficient (Wildman–Crippen LogP) is 2.58. The second-order valence-corrected chi connectivity index (χ2v) is 5.84. The van der Waals surface area contributed by atoms with Crippen LogP contribution in [0.2, 0.25) is 0 Å². The number of hydrogen-bond acceptors (Lipinski definition) is 4. The van der Waals surface area contributed by atoms with Crippen LogP contribution >= 0.6 is 26.6 Å². The van der Waals surface area contributed by atoms with Gasteiger partial charge in [-0.3, -0.25) is 0 Å². The van der Waals surface area contributed by atoms with E-state index in [0.29, 0.717) is 6.20 Å². The molecule has 86 valence electrons. The van der Waals surface area contributed by atoms with Crippen LogP contribution in [-0.2, 0) is 9.05 Å². The van der Waals surface area contributed by atoms with Gasteiger partial charge in [-0.2, -0.15) is 5.26 Å². The Bertz CT molecular complexity index is 570. The zero-order valence-corrected chi connectivity index (χ0v) is 10.4. The molecular formula is C7H2BrClF2N2O2S. The Kier molecular flexibility index (Phi) is 3.83. The van der Waals surface area contributed by atoms with Crippen LogP contribution < -0.4 is 0 Å². The van der Waals surface area contributed by atoms with Crippen molar-refractivity contribution in [2.75, 3.05) is 0 Å².